The van der Waals surface area contributed by atoms with E-state index in [0.29, 0.717) is 0 Å². The van der Waals surface area contributed by atoms with Crippen molar-refractivity contribution in [3.8, 4) is 0 Å². The second-order valence-corrected chi connectivity index (χ2v) is 10.9. The van der Waals surface area contributed by atoms with Gasteiger partial charge in [-0.25, -0.2) is 4.79 Å². The summed E-state index contributed by atoms with van der Waals surface area (Å²) in [5.74, 6) is -0.507. The molecule has 1 saturated carbocycles. The molecule has 3 amide bonds. The van der Waals surface area contributed by atoms with E-state index in [1.807, 2.05) is 45.9 Å². The van der Waals surface area contributed by atoms with E-state index in [-0.39, 0.29) is 23.9 Å². The van der Waals surface area contributed by atoms with Gasteiger partial charge in [0, 0.05) is 12.1 Å². The molecule has 0 bridgehead atoms. The fraction of sp³-hybridized carbons (Fsp3) is 0.667. The van der Waals surface area contributed by atoms with Crippen molar-refractivity contribution >= 4 is 17.9 Å². The Hall–Kier alpha value is -2.57. The molecule has 1 fully saturated rings. The molecule has 0 radical (unpaired) electrons. The predicted octanol–water partition coefficient (Wildman–Crippen LogP) is 4.94. The smallest absolute Gasteiger partial charge is 0.408 e. The van der Waals surface area contributed by atoms with Gasteiger partial charge < -0.3 is 20.3 Å². The lowest BCUT2D eigenvalue weighted by Gasteiger charge is -2.37. The first-order valence-electron chi connectivity index (χ1n) is 12.5. The molecule has 2 unspecified atom stereocenters. The standard InChI is InChI=1S/C27H43N3O4/c1-17(2)30(25(32)20(5)28-26(33)34-27(6,7)8)23(21-15-18(3)14-19(4)16-21)24(31)29-22-12-10-9-11-13-22/h14-17,20,22-23H,9-13H2,1-8H3,(H,28,33)(H,29,31). The van der Waals surface area contributed by atoms with Crippen LogP contribution in [0.3, 0.4) is 0 Å². The minimum atomic E-state index is -0.854. The van der Waals surface area contributed by atoms with Crippen molar-refractivity contribution in [3.05, 3.63) is 34.9 Å². The maximum atomic E-state index is 13.7. The number of hydrogen-bond donors (Lipinski definition) is 2. The fourth-order valence-corrected chi connectivity index (χ4v) is 4.58. The average Bonchev–Trinajstić information content (AvgIpc) is 2.69. The van der Waals surface area contributed by atoms with Crippen LogP contribution in [0.5, 0.6) is 0 Å². The van der Waals surface area contributed by atoms with Gasteiger partial charge in [0.15, 0.2) is 0 Å². The highest BCUT2D eigenvalue weighted by Crippen LogP contribution is 2.28. The van der Waals surface area contributed by atoms with Crippen LogP contribution in [0.15, 0.2) is 18.2 Å². The van der Waals surface area contributed by atoms with E-state index in [4.69, 9.17) is 4.74 Å². The third kappa shape index (κ3) is 8.03. The molecule has 0 saturated heterocycles. The summed E-state index contributed by atoms with van der Waals surface area (Å²) in [6.07, 6.45) is 4.64. The summed E-state index contributed by atoms with van der Waals surface area (Å²) in [4.78, 5) is 41.2. The molecular weight excluding hydrogens is 430 g/mol. The number of nitrogens with one attached hydrogen (secondary N) is 2. The first-order chi connectivity index (χ1) is 15.8. The molecule has 7 heteroatoms. The molecule has 0 heterocycles. The quantitative estimate of drug-likeness (QED) is 0.587. The molecule has 34 heavy (non-hydrogen) atoms. The van der Waals surface area contributed by atoms with Crippen LogP contribution in [-0.4, -0.2) is 46.5 Å². The van der Waals surface area contributed by atoms with E-state index in [1.54, 1.807) is 32.6 Å². The van der Waals surface area contributed by atoms with Gasteiger partial charge >= 0.3 is 6.09 Å². The maximum Gasteiger partial charge on any atom is 0.408 e. The van der Waals surface area contributed by atoms with Crippen LogP contribution < -0.4 is 10.6 Å². The number of alkyl carbamates (subject to hydrolysis) is 1. The number of carbonyl (C=O) groups is 3. The Labute approximate surface area is 205 Å². The first-order valence-corrected chi connectivity index (χ1v) is 12.5. The molecule has 7 nitrogen and oxygen atoms in total. The summed E-state index contributed by atoms with van der Waals surface area (Å²) in [7, 11) is 0. The van der Waals surface area contributed by atoms with Gasteiger partial charge in [0.25, 0.3) is 0 Å². The Morgan fingerprint density at radius 1 is 0.971 bits per heavy atom. The van der Waals surface area contributed by atoms with Gasteiger partial charge in [-0.15, -0.1) is 0 Å². The summed E-state index contributed by atoms with van der Waals surface area (Å²) in [5, 5.41) is 5.85. The highest BCUT2D eigenvalue weighted by atomic mass is 16.6. The molecule has 2 rings (SSSR count). The van der Waals surface area contributed by atoms with E-state index in [2.05, 4.69) is 10.6 Å². The van der Waals surface area contributed by atoms with Gasteiger partial charge in [0.2, 0.25) is 11.8 Å². The van der Waals surface area contributed by atoms with Crippen LogP contribution in [0.4, 0.5) is 4.79 Å². The fourth-order valence-electron chi connectivity index (χ4n) is 4.58. The number of hydrogen-bond acceptors (Lipinski definition) is 4. The minimum absolute atomic E-state index is 0.121. The maximum absolute atomic E-state index is 13.7. The van der Waals surface area contributed by atoms with E-state index >= 15 is 0 Å². The number of ether oxygens (including phenoxy) is 1. The highest BCUT2D eigenvalue weighted by molar-refractivity contribution is 5.92. The van der Waals surface area contributed by atoms with Crippen LogP contribution in [0, 0.1) is 13.8 Å². The molecule has 1 aromatic carbocycles. The predicted molar refractivity (Wildman–Crippen MR) is 134 cm³/mol. The van der Waals surface area contributed by atoms with Gasteiger partial charge in [-0.05, 0) is 73.8 Å². The summed E-state index contributed by atoms with van der Waals surface area (Å²) in [6.45, 7) is 14.7. The second kappa shape index (κ2) is 11.7. The van der Waals surface area contributed by atoms with Crippen LogP contribution in [0.1, 0.15) is 96.4 Å². The molecule has 190 valence electrons. The van der Waals surface area contributed by atoms with Crippen molar-refractivity contribution in [1.82, 2.24) is 15.5 Å². The largest absolute Gasteiger partial charge is 0.444 e. The van der Waals surface area contributed by atoms with Crippen molar-refractivity contribution in [3.63, 3.8) is 0 Å². The van der Waals surface area contributed by atoms with Gasteiger partial charge in [-0.2, -0.15) is 0 Å². The molecule has 2 N–H and O–H groups in total. The Kier molecular flexibility index (Phi) is 9.54. The Morgan fingerprint density at radius 2 is 1.53 bits per heavy atom. The van der Waals surface area contributed by atoms with E-state index in [0.717, 1.165) is 42.4 Å². The molecule has 1 aliphatic carbocycles. The number of rotatable bonds is 7. The van der Waals surface area contributed by atoms with Gasteiger partial charge in [0.1, 0.15) is 17.7 Å². The lowest BCUT2D eigenvalue weighted by Crippen LogP contribution is -2.55. The number of benzene rings is 1. The SMILES string of the molecule is Cc1cc(C)cc(C(C(=O)NC2CCCCC2)N(C(=O)C(C)NC(=O)OC(C)(C)C)C(C)C)c1. The first kappa shape index (κ1) is 27.7. The van der Waals surface area contributed by atoms with Crippen LogP contribution in [0.2, 0.25) is 0 Å². The second-order valence-electron chi connectivity index (χ2n) is 10.9. The summed E-state index contributed by atoms with van der Waals surface area (Å²) < 4.78 is 5.32. The molecule has 0 spiro atoms. The van der Waals surface area contributed by atoms with Crippen molar-refractivity contribution in [2.75, 3.05) is 0 Å². The van der Waals surface area contributed by atoms with Crippen LogP contribution >= 0.6 is 0 Å². The van der Waals surface area contributed by atoms with E-state index in [9.17, 15) is 14.4 Å². The van der Waals surface area contributed by atoms with Gasteiger partial charge in [-0.3, -0.25) is 9.59 Å². The Bertz CT molecular complexity index is 849. The number of carbonyl (C=O) groups excluding carboxylic acids is 3. The topological polar surface area (TPSA) is 87.7 Å². The summed E-state index contributed by atoms with van der Waals surface area (Å²) in [6, 6.07) is 4.19. The van der Waals surface area contributed by atoms with Crippen molar-refractivity contribution in [2.24, 2.45) is 0 Å². The number of nitrogens with zero attached hydrogens (tertiary/aromatic N) is 1. The number of amides is 3. The van der Waals surface area contributed by atoms with Gasteiger partial charge in [0.05, 0.1) is 0 Å². The van der Waals surface area contributed by atoms with Crippen molar-refractivity contribution < 1.29 is 19.1 Å². The monoisotopic (exact) mass is 473 g/mol. The summed E-state index contributed by atoms with van der Waals surface area (Å²) >= 11 is 0. The van der Waals surface area contributed by atoms with E-state index < -0.39 is 23.8 Å². The van der Waals surface area contributed by atoms with Crippen molar-refractivity contribution in [2.45, 2.75) is 117 Å². The number of aryl methyl sites for hydroxylation is 2. The average molecular weight is 474 g/mol. The molecule has 0 aromatic heterocycles. The van der Waals surface area contributed by atoms with Crippen molar-refractivity contribution in [1.29, 1.82) is 0 Å². The zero-order chi connectivity index (χ0) is 25.6. The molecule has 0 aliphatic heterocycles. The third-order valence-corrected chi connectivity index (χ3v) is 5.95. The lowest BCUT2D eigenvalue weighted by molar-refractivity contribution is -0.144. The molecule has 1 aliphatic rings. The zero-order valence-corrected chi connectivity index (χ0v) is 22.2. The van der Waals surface area contributed by atoms with E-state index in [1.165, 1.54) is 6.42 Å². The third-order valence-electron chi connectivity index (χ3n) is 5.95. The lowest BCUT2D eigenvalue weighted by atomic mass is 9.93. The molecular formula is C27H43N3O4. The summed E-state index contributed by atoms with van der Waals surface area (Å²) in [5.41, 5.74) is 2.16. The van der Waals surface area contributed by atoms with Crippen LogP contribution in [0.25, 0.3) is 0 Å². The van der Waals surface area contributed by atoms with Gasteiger partial charge in [-0.1, -0.05) is 48.6 Å². The van der Waals surface area contributed by atoms with Crippen LogP contribution in [-0.2, 0) is 14.3 Å². The molecule has 1 aromatic rings. The zero-order valence-electron chi connectivity index (χ0n) is 22.2. The highest BCUT2D eigenvalue weighted by Gasteiger charge is 2.37. The Morgan fingerprint density at radius 3 is 2.03 bits per heavy atom. The molecule has 2 atom stereocenters. The normalized spacial score (nSPS) is 16.5. The minimum Gasteiger partial charge on any atom is -0.444 e. The Balaban J connectivity index is 2.37.